The lowest BCUT2D eigenvalue weighted by atomic mass is 10.0. The highest BCUT2D eigenvalue weighted by molar-refractivity contribution is 5.88. The van der Waals surface area contributed by atoms with E-state index in [0.29, 0.717) is 5.69 Å². The Kier molecular flexibility index (Phi) is 3.29. The predicted octanol–water partition coefficient (Wildman–Crippen LogP) is 2.46. The van der Waals surface area contributed by atoms with Crippen molar-refractivity contribution >= 4 is 11.7 Å². The Balaban J connectivity index is 2.59. The summed E-state index contributed by atoms with van der Waals surface area (Å²) < 4.78 is 0. The Labute approximate surface area is 111 Å². The minimum absolute atomic E-state index is 0.0953. The molecule has 1 aromatic heterocycles. The van der Waals surface area contributed by atoms with Crippen LogP contribution in [-0.2, 0) is 0 Å². The number of carbonyl (C=O) groups is 1. The maximum absolute atomic E-state index is 10.9. The average Bonchev–Trinajstić information content (AvgIpc) is 2.81. The summed E-state index contributed by atoms with van der Waals surface area (Å²) in [6.07, 6.45) is 0. The van der Waals surface area contributed by atoms with E-state index in [4.69, 9.17) is 5.11 Å². The van der Waals surface area contributed by atoms with Crippen LogP contribution in [0.4, 0.5) is 5.69 Å². The molecule has 0 amide bonds. The number of carboxylic acids is 1. The number of benzene rings is 1. The summed E-state index contributed by atoms with van der Waals surface area (Å²) in [4.78, 5) is 12.9. The Morgan fingerprint density at radius 2 is 1.84 bits per heavy atom. The van der Waals surface area contributed by atoms with Crippen LogP contribution in [0.1, 0.15) is 21.6 Å². The molecule has 0 aliphatic heterocycles. The SMILES string of the molecule is Cc1cc(-c2cc(C(=O)O)[nH]n2)c(N(C)C)cc1C. The van der Waals surface area contributed by atoms with Crippen molar-refractivity contribution in [2.24, 2.45) is 0 Å². The molecule has 2 N–H and O–H groups in total. The first kappa shape index (κ1) is 13.1. The molecule has 5 heteroatoms. The maximum Gasteiger partial charge on any atom is 0.353 e. The van der Waals surface area contributed by atoms with Crippen LogP contribution in [0.3, 0.4) is 0 Å². The van der Waals surface area contributed by atoms with Crippen LogP contribution in [0.2, 0.25) is 0 Å². The van der Waals surface area contributed by atoms with Crippen LogP contribution >= 0.6 is 0 Å². The zero-order valence-corrected chi connectivity index (χ0v) is 11.5. The number of aromatic nitrogens is 2. The highest BCUT2D eigenvalue weighted by Crippen LogP contribution is 2.31. The second-order valence-corrected chi connectivity index (χ2v) is 4.82. The van der Waals surface area contributed by atoms with E-state index in [1.54, 1.807) is 6.07 Å². The van der Waals surface area contributed by atoms with Gasteiger partial charge in [-0.25, -0.2) is 4.79 Å². The third kappa shape index (κ3) is 2.45. The van der Waals surface area contributed by atoms with Crippen molar-refractivity contribution in [2.45, 2.75) is 13.8 Å². The maximum atomic E-state index is 10.9. The number of hydrogen-bond acceptors (Lipinski definition) is 3. The first-order valence-electron chi connectivity index (χ1n) is 5.98. The lowest BCUT2D eigenvalue weighted by Crippen LogP contribution is -2.10. The van der Waals surface area contributed by atoms with Gasteiger partial charge in [0.25, 0.3) is 0 Å². The summed E-state index contributed by atoms with van der Waals surface area (Å²) in [6, 6.07) is 5.67. The highest BCUT2D eigenvalue weighted by Gasteiger charge is 2.14. The Morgan fingerprint density at radius 3 is 2.37 bits per heavy atom. The third-order valence-electron chi connectivity index (χ3n) is 3.18. The fourth-order valence-corrected chi connectivity index (χ4v) is 1.95. The monoisotopic (exact) mass is 259 g/mol. The number of nitrogens with one attached hydrogen (secondary N) is 1. The van der Waals surface area contributed by atoms with E-state index in [2.05, 4.69) is 23.2 Å². The van der Waals surface area contributed by atoms with Gasteiger partial charge in [-0.15, -0.1) is 0 Å². The van der Waals surface area contributed by atoms with Gasteiger partial charge in [0.2, 0.25) is 0 Å². The van der Waals surface area contributed by atoms with Crippen LogP contribution in [0.25, 0.3) is 11.3 Å². The zero-order valence-electron chi connectivity index (χ0n) is 11.5. The molecule has 100 valence electrons. The van der Waals surface area contributed by atoms with E-state index in [0.717, 1.165) is 16.8 Å². The molecule has 19 heavy (non-hydrogen) atoms. The van der Waals surface area contributed by atoms with Crippen LogP contribution in [-0.4, -0.2) is 35.4 Å². The number of aryl methyl sites for hydroxylation is 2. The number of H-pyrrole nitrogens is 1. The summed E-state index contributed by atoms with van der Waals surface area (Å²) in [6.45, 7) is 4.09. The van der Waals surface area contributed by atoms with Gasteiger partial charge in [-0.1, -0.05) is 0 Å². The molecule has 1 aromatic carbocycles. The molecule has 0 unspecified atom stereocenters. The standard InChI is InChI=1S/C14H17N3O2/c1-8-5-10(13(17(3)4)6-9(8)2)11-7-12(14(18)19)16-15-11/h5-7H,1-4H3,(H,15,16)(H,18,19). The van der Waals surface area contributed by atoms with E-state index in [1.165, 1.54) is 5.56 Å². The van der Waals surface area contributed by atoms with Gasteiger partial charge in [-0.2, -0.15) is 5.10 Å². The van der Waals surface area contributed by atoms with E-state index in [1.807, 2.05) is 32.0 Å². The summed E-state index contributed by atoms with van der Waals surface area (Å²) in [5, 5.41) is 15.6. The normalized spacial score (nSPS) is 10.5. The molecule has 1 heterocycles. The molecule has 0 fully saturated rings. The average molecular weight is 259 g/mol. The quantitative estimate of drug-likeness (QED) is 0.888. The van der Waals surface area contributed by atoms with Crippen molar-refractivity contribution in [2.75, 3.05) is 19.0 Å². The van der Waals surface area contributed by atoms with Crippen molar-refractivity contribution in [3.8, 4) is 11.3 Å². The summed E-state index contributed by atoms with van der Waals surface area (Å²) in [5.41, 5.74) is 5.03. The predicted molar refractivity (Wildman–Crippen MR) is 74.8 cm³/mol. The summed E-state index contributed by atoms with van der Waals surface area (Å²) in [5.74, 6) is -1.01. The number of hydrogen-bond donors (Lipinski definition) is 2. The van der Waals surface area contributed by atoms with Gasteiger partial charge in [0.05, 0.1) is 5.69 Å². The highest BCUT2D eigenvalue weighted by atomic mass is 16.4. The molecular formula is C14H17N3O2. The molecule has 2 aromatic rings. The van der Waals surface area contributed by atoms with Gasteiger partial charge in [0.15, 0.2) is 0 Å². The molecule has 0 bridgehead atoms. The molecule has 0 radical (unpaired) electrons. The number of nitrogens with zero attached hydrogens (tertiary/aromatic N) is 2. The largest absolute Gasteiger partial charge is 0.477 e. The number of aromatic carboxylic acids is 1. The molecule has 0 atom stereocenters. The zero-order chi connectivity index (χ0) is 14.2. The molecule has 2 rings (SSSR count). The van der Waals surface area contributed by atoms with E-state index in [9.17, 15) is 4.79 Å². The smallest absolute Gasteiger partial charge is 0.353 e. The topological polar surface area (TPSA) is 69.2 Å². The lowest BCUT2D eigenvalue weighted by Gasteiger charge is -2.18. The van der Waals surface area contributed by atoms with Crippen molar-refractivity contribution < 1.29 is 9.90 Å². The van der Waals surface area contributed by atoms with Crippen molar-refractivity contribution in [3.05, 3.63) is 35.0 Å². The van der Waals surface area contributed by atoms with Gasteiger partial charge >= 0.3 is 5.97 Å². The molecule has 0 saturated carbocycles. The van der Waals surface area contributed by atoms with E-state index in [-0.39, 0.29) is 5.69 Å². The van der Waals surface area contributed by atoms with E-state index < -0.39 is 5.97 Å². The van der Waals surface area contributed by atoms with Crippen LogP contribution in [0, 0.1) is 13.8 Å². The van der Waals surface area contributed by atoms with Crippen molar-refractivity contribution in [1.82, 2.24) is 10.2 Å². The van der Waals surface area contributed by atoms with Crippen molar-refractivity contribution in [3.63, 3.8) is 0 Å². The Hall–Kier alpha value is -2.30. The fourth-order valence-electron chi connectivity index (χ4n) is 1.95. The molecule has 0 aliphatic rings. The van der Waals surface area contributed by atoms with Crippen LogP contribution in [0.5, 0.6) is 0 Å². The van der Waals surface area contributed by atoms with Gasteiger partial charge in [-0.05, 0) is 43.2 Å². The molecule has 0 saturated heterocycles. The third-order valence-corrected chi connectivity index (χ3v) is 3.18. The second kappa shape index (κ2) is 4.76. The van der Waals surface area contributed by atoms with Crippen LogP contribution in [0.15, 0.2) is 18.2 Å². The second-order valence-electron chi connectivity index (χ2n) is 4.82. The van der Waals surface area contributed by atoms with Gasteiger partial charge in [0, 0.05) is 25.3 Å². The molecule has 0 spiro atoms. The number of carboxylic acid groups (broad SMARTS) is 1. The first-order chi connectivity index (χ1) is 8.90. The van der Waals surface area contributed by atoms with Crippen LogP contribution < -0.4 is 4.90 Å². The molecular weight excluding hydrogens is 242 g/mol. The van der Waals surface area contributed by atoms with Gasteiger partial charge < -0.3 is 10.0 Å². The minimum Gasteiger partial charge on any atom is -0.477 e. The first-order valence-corrected chi connectivity index (χ1v) is 5.98. The molecule has 5 nitrogen and oxygen atoms in total. The number of anilines is 1. The summed E-state index contributed by atoms with van der Waals surface area (Å²) >= 11 is 0. The van der Waals surface area contributed by atoms with Gasteiger partial charge in [-0.3, -0.25) is 5.10 Å². The Bertz CT molecular complexity index is 630. The van der Waals surface area contributed by atoms with Crippen molar-refractivity contribution in [1.29, 1.82) is 0 Å². The summed E-state index contributed by atoms with van der Waals surface area (Å²) in [7, 11) is 3.91. The van der Waals surface area contributed by atoms with Gasteiger partial charge in [0.1, 0.15) is 5.69 Å². The lowest BCUT2D eigenvalue weighted by molar-refractivity contribution is 0.0690. The Morgan fingerprint density at radius 1 is 1.21 bits per heavy atom. The molecule has 0 aliphatic carbocycles. The number of aromatic amines is 1. The van der Waals surface area contributed by atoms with E-state index >= 15 is 0 Å². The fraction of sp³-hybridized carbons (Fsp3) is 0.286. The minimum atomic E-state index is -1.01. The number of rotatable bonds is 3.